The molecule has 4 heteroatoms. The molecule has 0 saturated carbocycles. The minimum atomic E-state index is -0.673. The van der Waals surface area contributed by atoms with Gasteiger partial charge < -0.3 is 15.0 Å². The minimum absolute atomic E-state index is 0.0455. The summed E-state index contributed by atoms with van der Waals surface area (Å²) >= 11 is 0. The molecule has 1 heterocycles. The first-order valence-electron chi connectivity index (χ1n) is 7.81. The Morgan fingerprint density at radius 1 is 1.41 bits per heavy atom. The zero-order chi connectivity index (χ0) is 15.5. The third-order valence-electron chi connectivity index (χ3n) is 4.40. The Kier molecular flexibility index (Phi) is 4.29. The lowest BCUT2D eigenvalue weighted by Gasteiger charge is -2.19. The van der Waals surface area contributed by atoms with Gasteiger partial charge in [0.15, 0.2) is 0 Å². The second kappa shape index (κ2) is 6.36. The number of aryl methyl sites for hydroxylation is 1. The number of aliphatic hydroxyl groups excluding tert-OH is 1. The molecule has 0 saturated heterocycles. The van der Waals surface area contributed by atoms with E-state index < -0.39 is 6.10 Å². The lowest BCUT2D eigenvalue weighted by atomic mass is 9.93. The Morgan fingerprint density at radius 3 is 3.05 bits per heavy atom. The Labute approximate surface area is 130 Å². The number of amides is 1. The summed E-state index contributed by atoms with van der Waals surface area (Å²) in [6.45, 7) is 0.261. The summed E-state index contributed by atoms with van der Waals surface area (Å²) in [7, 11) is 2.00. The van der Waals surface area contributed by atoms with E-state index in [1.807, 2.05) is 42.1 Å². The molecule has 22 heavy (non-hydrogen) atoms. The van der Waals surface area contributed by atoms with Gasteiger partial charge in [-0.1, -0.05) is 18.2 Å². The predicted molar refractivity (Wildman–Crippen MR) is 87.4 cm³/mol. The van der Waals surface area contributed by atoms with E-state index in [4.69, 9.17) is 0 Å². The maximum absolute atomic E-state index is 12.1. The van der Waals surface area contributed by atoms with E-state index in [-0.39, 0.29) is 18.4 Å². The van der Waals surface area contributed by atoms with Gasteiger partial charge in [-0.3, -0.25) is 4.79 Å². The number of benzene rings is 1. The van der Waals surface area contributed by atoms with Crippen molar-refractivity contribution in [2.24, 2.45) is 13.0 Å². The van der Waals surface area contributed by atoms with E-state index in [1.165, 1.54) is 0 Å². The number of nitrogens with zero attached hydrogens (tertiary/aromatic N) is 1. The largest absolute Gasteiger partial charge is 0.387 e. The summed E-state index contributed by atoms with van der Waals surface area (Å²) in [4.78, 5) is 12.1. The van der Waals surface area contributed by atoms with Crippen LogP contribution in [-0.2, 0) is 11.8 Å². The molecule has 1 amide bonds. The zero-order valence-corrected chi connectivity index (χ0v) is 12.8. The summed E-state index contributed by atoms with van der Waals surface area (Å²) in [6, 6.07) is 7.93. The van der Waals surface area contributed by atoms with Crippen LogP contribution in [-0.4, -0.2) is 22.1 Å². The Hall–Kier alpha value is -2.07. The molecular formula is C18H22N2O2. The van der Waals surface area contributed by atoms with Crippen LogP contribution in [0.1, 0.15) is 30.9 Å². The molecule has 0 spiro atoms. The number of carbonyl (C=O) groups excluding carboxylic acids is 1. The van der Waals surface area contributed by atoms with Crippen molar-refractivity contribution < 1.29 is 9.90 Å². The van der Waals surface area contributed by atoms with Crippen LogP contribution in [0.5, 0.6) is 0 Å². The molecule has 1 aliphatic carbocycles. The highest BCUT2D eigenvalue weighted by molar-refractivity contribution is 5.81. The first kappa shape index (κ1) is 14.9. The molecule has 116 valence electrons. The molecule has 1 aromatic heterocycles. The van der Waals surface area contributed by atoms with Crippen LogP contribution < -0.4 is 5.32 Å². The molecule has 0 fully saturated rings. The SMILES string of the molecule is Cn1ccc2cc([C@@H](O)CNC(=O)[C@H]3CC=CCC3)ccc21. The maximum atomic E-state index is 12.1. The molecule has 2 N–H and O–H groups in total. The number of allylic oxidation sites excluding steroid dienone is 2. The first-order chi connectivity index (χ1) is 10.6. The molecule has 0 unspecified atom stereocenters. The molecule has 0 bridgehead atoms. The van der Waals surface area contributed by atoms with Crippen molar-refractivity contribution in [3.8, 4) is 0 Å². The van der Waals surface area contributed by atoms with E-state index in [2.05, 4.69) is 17.5 Å². The Balaban J connectivity index is 1.61. The van der Waals surface area contributed by atoms with Crippen molar-refractivity contribution in [2.45, 2.75) is 25.4 Å². The van der Waals surface area contributed by atoms with Crippen LogP contribution in [0, 0.1) is 5.92 Å². The van der Waals surface area contributed by atoms with Gasteiger partial charge in [-0.15, -0.1) is 0 Å². The summed E-state index contributed by atoms with van der Waals surface area (Å²) in [6.07, 6.45) is 8.17. The summed E-state index contributed by atoms with van der Waals surface area (Å²) in [5.41, 5.74) is 1.97. The van der Waals surface area contributed by atoms with Gasteiger partial charge in [0.1, 0.15) is 0 Å². The van der Waals surface area contributed by atoms with Gasteiger partial charge in [0, 0.05) is 31.2 Å². The topological polar surface area (TPSA) is 54.3 Å². The highest BCUT2D eigenvalue weighted by Gasteiger charge is 2.19. The van der Waals surface area contributed by atoms with Crippen molar-refractivity contribution in [3.05, 3.63) is 48.2 Å². The Morgan fingerprint density at radius 2 is 2.27 bits per heavy atom. The number of aliphatic hydroxyl groups is 1. The predicted octanol–water partition coefficient (Wildman–Crippen LogP) is 2.68. The molecule has 4 nitrogen and oxygen atoms in total. The Bertz CT molecular complexity index is 702. The first-order valence-corrected chi connectivity index (χ1v) is 7.81. The van der Waals surface area contributed by atoms with Crippen LogP contribution in [0.25, 0.3) is 10.9 Å². The molecule has 3 rings (SSSR count). The lowest BCUT2D eigenvalue weighted by Crippen LogP contribution is -2.34. The van der Waals surface area contributed by atoms with Crippen LogP contribution in [0.3, 0.4) is 0 Å². The number of carbonyl (C=O) groups is 1. The van der Waals surface area contributed by atoms with Gasteiger partial charge in [0.2, 0.25) is 5.91 Å². The number of hydrogen-bond donors (Lipinski definition) is 2. The third kappa shape index (κ3) is 3.07. The molecule has 0 aliphatic heterocycles. The number of aromatic nitrogens is 1. The van der Waals surface area contributed by atoms with Gasteiger partial charge in [-0.2, -0.15) is 0 Å². The number of hydrogen-bond acceptors (Lipinski definition) is 2. The summed E-state index contributed by atoms with van der Waals surface area (Å²) in [5.74, 6) is 0.0954. The van der Waals surface area contributed by atoms with E-state index in [0.717, 1.165) is 35.7 Å². The molecule has 1 aliphatic rings. The molecule has 2 atom stereocenters. The number of nitrogens with one attached hydrogen (secondary N) is 1. The average molecular weight is 298 g/mol. The second-order valence-corrected chi connectivity index (χ2v) is 5.99. The van der Waals surface area contributed by atoms with Crippen LogP contribution >= 0.6 is 0 Å². The van der Waals surface area contributed by atoms with Gasteiger partial charge in [-0.05, 0) is 48.4 Å². The van der Waals surface area contributed by atoms with E-state index in [1.54, 1.807) is 0 Å². The van der Waals surface area contributed by atoms with Crippen molar-refractivity contribution in [3.63, 3.8) is 0 Å². The maximum Gasteiger partial charge on any atom is 0.223 e. The normalized spacial score (nSPS) is 19.3. The smallest absolute Gasteiger partial charge is 0.223 e. The van der Waals surface area contributed by atoms with Crippen LogP contribution in [0.4, 0.5) is 0 Å². The van der Waals surface area contributed by atoms with E-state index in [0.29, 0.717) is 0 Å². The fourth-order valence-corrected chi connectivity index (χ4v) is 3.00. The highest BCUT2D eigenvalue weighted by Crippen LogP contribution is 2.22. The number of rotatable bonds is 4. The molecule has 2 aromatic rings. The van der Waals surface area contributed by atoms with Crippen LogP contribution in [0.15, 0.2) is 42.6 Å². The monoisotopic (exact) mass is 298 g/mol. The standard InChI is InChI=1S/C18H22N2O2/c1-20-10-9-14-11-15(7-8-16(14)20)17(21)12-19-18(22)13-5-3-2-4-6-13/h2-3,7-11,13,17,21H,4-6,12H2,1H3,(H,19,22)/t13-,17-/m0/s1. The molecule has 0 radical (unpaired) electrons. The second-order valence-electron chi connectivity index (χ2n) is 5.99. The fourth-order valence-electron chi connectivity index (χ4n) is 3.00. The summed E-state index contributed by atoms with van der Waals surface area (Å²) in [5, 5.41) is 14.3. The zero-order valence-electron chi connectivity index (χ0n) is 12.8. The molecule has 1 aromatic carbocycles. The van der Waals surface area contributed by atoms with Crippen molar-refractivity contribution in [2.75, 3.05) is 6.54 Å². The third-order valence-corrected chi connectivity index (χ3v) is 4.40. The van der Waals surface area contributed by atoms with Crippen molar-refractivity contribution in [1.82, 2.24) is 9.88 Å². The van der Waals surface area contributed by atoms with E-state index in [9.17, 15) is 9.90 Å². The number of fused-ring (bicyclic) bond motifs is 1. The average Bonchev–Trinajstić information content (AvgIpc) is 2.93. The quantitative estimate of drug-likeness (QED) is 0.853. The van der Waals surface area contributed by atoms with Crippen LogP contribution in [0.2, 0.25) is 0 Å². The fraction of sp³-hybridized carbons (Fsp3) is 0.389. The van der Waals surface area contributed by atoms with Crippen molar-refractivity contribution in [1.29, 1.82) is 0 Å². The van der Waals surface area contributed by atoms with Gasteiger partial charge in [-0.25, -0.2) is 0 Å². The highest BCUT2D eigenvalue weighted by atomic mass is 16.3. The lowest BCUT2D eigenvalue weighted by molar-refractivity contribution is -0.125. The van der Waals surface area contributed by atoms with Crippen molar-refractivity contribution >= 4 is 16.8 Å². The molecular weight excluding hydrogens is 276 g/mol. The summed E-state index contributed by atoms with van der Waals surface area (Å²) < 4.78 is 2.05. The van der Waals surface area contributed by atoms with Gasteiger partial charge in [0.05, 0.1) is 6.10 Å². The van der Waals surface area contributed by atoms with E-state index >= 15 is 0 Å². The minimum Gasteiger partial charge on any atom is -0.387 e. The van der Waals surface area contributed by atoms with Gasteiger partial charge in [0.25, 0.3) is 0 Å². The van der Waals surface area contributed by atoms with Gasteiger partial charge >= 0.3 is 0 Å².